The van der Waals surface area contributed by atoms with Crippen molar-refractivity contribution in [2.75, 3.05) is 4.90 Å². The summed E-state index contributed by atoms with van der Waals surface area (Å²) in [5, 5.41) is 8.28. The molecule has 0 amide bonds. The van der Waals surface area contributed by atoms with Crippen molar-refractivity contribution in [2.45, 2.75) is 0 Å². The minimum atomic E-state index is 0.759. The summed E-state index contributed by atoms with van der Waals surface area (Å²) >= 11 is 0. The predicted octanol–water partition coefficient (Wildman–Crippen LogP) is 13.2. The Labute approximate surface area is 289 Å². The van der Waals surface area contributed by atoms with E-state index in [1.54, 1.807) is 0 Å². The fourth-order valence-corrected chi connectivity index (χ4v) is 7.37. The van der Waals surface area contributed by atoms with E-state index in [1.165, 1.54) is 49.2 Å². The van der Waals surface area contributed by atoms with E-state index >= 15 is 0 Å². The Bertz CT molecular complexity index is 2860. The lowest BCUT2D eigenvalue weighted by Gasteiger charge is -2.26. The summed E-state index contributed by atoms with van der Waals surface area (Å²) in [7, 11) is 0. The molecule has 0 aliphatic heterocycles. The van der Waals surface area contributed by atoms with Crippen LogP contribution in [-0.4, -0.2) is 4.98 Å². The minimum absolute atomic E-state index is 0.759. The summed E-state index contributed by atoms with van der Waals surface area (Å²) in [5.41, 5.74) is 10.2. The number of aromatic nitrogens is 1. The first-order valence-corrected chi connectivity index (χ1v) is 16.9. The van der Waals surface area contributed by atoms with Crippen molar-refractivity contribution in [1.82, 2.24) is 4.98 Å². The molecule has 10 rings (SSSR count). The van der Waals surface area contributed by atoms with Gasteiger partial charge in [0.15, 0.2) is 5.58 Å². The number of hydrogen-bond donors (Lipinski definition) is 0. The van der Waals surface area contributed by atoms with E-state index in [4.69, 9.17) is 9.40 Å². The Morgan fingerprint density at radius 2 is 1.02 bits per heavy atom. The van der Waals surface area contributed by atoms with Crippen LogP contribution in [0.15, 0.2) is 187 Å². The molecule has 0 spiro atoms. The van der Waals surface area contributed by atoms with Crippen LogP contribution in [-0.2, 0) is 0 Å². The SMILES string of the molecule is c1ccc2cc(-c3ccc(N(c4ccc(-c5cccc6ccccc56)cc4)c4ccnc5c4oc4cc6ccccc6cc45)cc3)ccc2c1. The third kappa shape index (κ3) is 4.71. The average Bonchev–Trinajstić information content (AvgIpc) is 3.55. The first-order valence-electron chi connectivity index (χ1n) is 16.9. The highest BCUT2D eigenvalue weighted by Gasteiger charge is 2.21. The van der Waals surface area contributed by atoms with Gasteiger partial charge < -0.3 is 9.32 Å². The van der Waals surface area contributed by atoms with Crippen molar-refractivity contribution in [2.24, 2.45) is 0 Å². The molecule has 234 valence electrons. The number of furan rings is 1. The molecule has 0 bridgehead atoms. The number of fused-ring (bicyclic) bond motifs is 6. The molecule has 0 saturated heterocycles. The highest BCUT2D eigenvalue weighted by molar-refractivity contribution is 6.12. The molecule has 0 aliphatic carbocycles. The smallest absolute Gasteiger partial charge is 0.177 e. The molecular weight excluding hydrogens is 609 g/mol. The second-order valence-corrected chi connectivity index (χ2v) is 12.8. The highest BCUT2D eigenvalue weighted by Crippen LogP contribution is 2.43. The zero-order chi connectivity index (χ0) is 33.0. The second kappa shape index (κ2) is 11.5. The van der Waals surface area contributed by atoms with Crippen molar-refractivity contribution in [3.63, 3.8) is 0 Å². The monoisotopic (exact) mass is 638 g/mol. The van der Waals surface area contributed by atoms with Gasteiger partial charge in [0.1, 0.15) is 11.1 Å². The molecule has 0 N–H and O–H groups in total. The fraction of sp³-hybridized carbons (Fsp3) is 0. The second-order valence-electron chi connectivity index (χ2n) is 12.8. The van der Waals surface area contributed by atoms with E-state index in [0.29, 0.717) is 0 Å². The molecule has 50 heavy (non-hydrogen) atoms. The zero-order valence-electron chi connectivity index (χ0n) is 27.1. The first-order chi connectivity index (χ1) is 24.8. The number of benzene rings is 8. The molecule has 2 heterocycles. The van der Waals surface area contributed by atoms with Crippen LogP contribution in [0.25, 0.3) is 76.6 Å². The molecule has 8 aromatic carbocycles. The van der Waals surface area contributed by atoms with Crippen LogP contribution in [0, 0.1) is 0 Å². The first kappa shape index (κ1) is 28.3. The molecule has 3 heteroatoms. The minimum Gasteiger partial charge on any atom is -0.452 e. The Morgan fingerprint density at radius 3 is 1.78 bits per heavy atom. The number of nitrogens with zero attached hydrogens (tertiary/aromatic N) is 2. The summed E-state index contributed by atoms with van der Waals surface area (Å²) in [6.45, 7) is 0. The van der Waals surface area contributed by atoms with Gasteiger partial charge in [0.2, 0.25) is 0 Å². The van der Waals surface area contributed by atoms with Crippen LogP contribution in [0.4, 0.5) is 17.1 Å². The lowest BCUT2D eigenvalue weighted by atomic mass is 9.98. The average molecular weight is 639 g/mol. The van der Waals surface area contributed by atoms with Crippen molar-refractivity contribution in [3.8, 4) is 22.3 Å². The molecule has 0 radical (unpaired) electrons. The van der Waals surface area contributed by atoms with Crippen LogP contribution in [0.5, 0.6) is 0 Å². The molecule has 0 unspecified atom stereocenters. The van der Waals surface area contributed by atoms with Gasteiger partial charge in [0, 0.05) is 23.0 Å². The normalized spacial score (nSPS) is 11.6. The summed E-state index contributed by atoms with van der Waals surface area (Å²) in [5.74, 6) is 0. The van der Waals surface area contributed by atoms with Gasteiger partial charge in [-0.1, -0.05) is 127 Å². The third-order valence-electron chi connectivity index (χ3n) is 9.87. The summed E-state index contributed by atoms with van der Waals surface area (Å²) < 4.78 is 6.69. The standard InChI is InChI=1S/C47H30N2O/c1-2-10-35-28-38(17-16-31(35)8-1)32-18-22-39(23-19-32)49(40-24-20-34(21-25-40)42-15-7-13-33-9-5-6-14-41(33)42)44-26-27-48-46-43-29-36-11-3-4-12-37(36)30-45(43)50-47(44)46/h1-30H. The Balaban J connectivity index is 1.13. The molecular formula is C47H30N2O. The number of pyridine rings is 1. The van der Waals surface area contributed by atoms with Gasteiger partial charge >= 0.3 is 0 Å². The van der Waals surface area contributed by atoms with Crippen molar-refractivity contribution < 1.29 is 4.42 Å². The van der Waals surface area contributed by atoms with Crippen LogP contribution in [0.2, 0.25) is 0 Å². The number of anilines is 3. The molecule has 0 aliphatic rings. The van der Waals surface area contributed by atoms with E-state index in [1.807, 2.05) is 6.20 Å². The van der Waals surface area contributed by atoms with Crippen molar-refractivity contribution in [1.29, 1.82) is 0 Å². The van der Waals surface area contributed by atoms with Crippen LogP contribution in [0.1, 0.15) is 0 Å². The lowest BCUT2D eigenvalue weighted by Crippen LogP contribution is -2.10. The van der Waals surface area contributed by atoms with Crippen LogP contribution in [0.3, 0.4) is 0 Å². The van der Waals surface area contributed by atoms with Gasteiger partial charge in [0.25, 0.3) is 0 Å². The highest BCUT2D eigenvalue weighted by atomic mass is 16.3. The summed E-state index contributed by atoms with van der Waals surface area (Å²) in [6, 6.07) is 62.6. The Morgan fingerprint density at radius 1 is 0.420 bits per heavy atom. The van der Waals surface area contributed by atoms with Crippen LogP contribution < -0.4 is 4.90 Å². The predicted molar refractivity (Wildman–Crippen MR) is 210 cm³/mol. The largest absolute Gasteiger partial charge is 0.452 e. The van der Waals surface area contributed by atoms with E-state index in [2.05, 4.69) is 181 Å². The number of hydrogen-bond acceptors (Lipinski definition) is 3. The summed E-state index contributed by atoms with van der Waals surface area (Å²) in [4.78, 5) is 7.13. The van der Waals surface area contributed by atoms with Crippen LogP contribution >= 0.6 is 0 Å². The molecule has 10 aromatic rings. The van der Waals surface area contributed by atoms with Gasteiger partial charge in [-0.25, -0.2) is 0 Å². The van der Waals surface area contributed by atoms with Gasteiger partial charge in [-0.2, -0.15) is 0 Å². The summed E-state index contributed by atoms with van der Waals surface area (Å²) in [6.07, 6.45) is 1.89. The van der Waals surface area contributed by atoms with E-state index in [0.717, 1.165) is 44.5 Å². The molecule has 0 fully saturated rings. The van der Waals surface area contributed by atoms with Gasteiger partial charge in [0.05, 0.1) is 5.69 Å². The molecule has 0 saturated carbocycles. The molecule has 2 aromatic heterocycles. The lowest BCUT2D eigenvalue weighted by molar-refractivity contribution is 0.669. The Kier molecular flexibility index (Phi) is 6.49. The molecule has 3 nitrogen and oxygen atoms in total. The Hall–Kier alpha value is -6.71. The van der Waals surface area contributed by atoms with Crippen molar-refractivity contribution >= 4 is 71.4 Å². The topological polar surface area (TPSA) is 29.3 Å². The van der Waals surface area contributed by atoms with Crippen molar-refractivity contribution in [3.05, 3.63) is 182 Å². The van der Waals surface area contributed by atoms with Gasteiger partial charge in [-0.05, 0) is 103 Å². The van der Waals surface area contributed by atoms with Gasteiger partial charge in [-0.15, -0.1) is 0 Å². The third-order valence-corrected chi connectivity index (χ3v) is 9.87. The maximum absolute atomic E-state index is 6.69. The maximum Gasteiger partial charge on any atom is 0.177 e. The van der Waals surface area contributed by atoms with E-state index < -0.39 is 0 Å². The molecule has 0 atom stereocenters. The number of rotatable bonds is 5. The zero-order valence-corrected chi connectivity index (χ0v) is 27.1. The fourth-order valence-electron chi connectivity index (χ4n) is 7.37. The van der Waals surface area contributed by atoms with E-state index in [9.17, 15) is 0 Å². The maximum atomic E-state index is 6.69. The van der Waals surface area contributed by atoms with E-state index in [-0.39, 0.29) is 0 Å². The van der Waals surface area contributed by atoms with Gasteiger partial charge in [-0.3, -0.25) is 4.98 Å². The quantitative estimate of drug-likeness (QED) is 0.188.